The van der Waals surface area contributed by atoms with Crippen LogP contribution >= 0.6 is 0 Å². The molecule has 0 radical (unpaired) electrons. The molecule has 0 bridgehead atoms. The lowest BCUT2D eigenvalue weighted by Crippen LogP contribution is -2.48. The molecular weight excluding hydrogens is 440 g/mol. The van der Waals surface area contributed by atoms with Gasteiger partial charge in [-0.15, -0.1) is 0 Å². The van der Waals surface area contributed by atoms with Crippen LogP contribution in [0.5, 0.6) is 0 Å². The van der Waals surface area contributed by atoms with E-state index in [0.29, 0.717) is 18.4 Å². The van der Waals surface area contributed by atoms with Gasteiger partial charge in [0.1, 0.15) is 6.10 Å². The Morgan fingerprint density at radius 1 is 1.14 bits per heavy atom. The van der Waals surface area contributed by atoms with Gasteiger partial charge in [0.15, 0.2) is 0 Å². The number of esters is 1. The molecule has 6 heteroatoms. The lowest BCUT2D eigenvalue weighted by molar-refractivity contribution is -0.144. The highest BCUT2D eigenvalue weighted by molar-refractivity contribution is 5.75. The highest BCUT2D eigenvalue weighted by Gasteiger charge is 2.54. The third kappa shape index (κ3) is 4.97. The number of alkyl carbamates (subject to hydrolysis) is 1. The average molecular weight is 475 g/mol. The van der Waals surface area contributed by atoms with Gasteiger partial charge in [0.2, 0.25) is 0 Å². The van der Waals surface area contributed by atoms with E-state index in [1.165, 1.54) is 0 Å². The van der Waals surface area contributed by atoms with Gasteiger partial charge in [0.25, 0.3) is 0 Å². The molecule has 7 atom stereocenters. The Balaban J connectivity index is 1.34. The minimum absolute atomic E-state index is 0.0647. The van der Waals surface area contributed by atoms with E-state index >= 15 is 0 Å². The first kappa shape index (κ1) is 23.6. The maximum Gasteiger partial charge on any atom is 0.407 e. The number of nitrogens with one attached hydrogen (secondary N) is 1. The standard InChI is InChI=1S/C29H34N2O4/c1-3-34-29(33)31-23-12-13-24-21(15-23)16-26-27(18(2)35-28(26)32)25(24)14-11-22-10-9-20(17-30-22)19-7-5-4-6-8-19/h4-11,14,17-18,21,23-27H,3,12-13,15-16H2,1-2H3,(H,31,33)/b14-11+/t18-,21+,23-,24-,25+,26-,27+/m1/s1. The van der Waals surface area contributed by atoms with E-state index in [1.807, 2.05) is 38.2 Å². The van der Waals surface area contributed by atoms with Crippen molar-refractivity contribution in [2.45, 2.75) is 51.7 Å². The van der Waals surface area contributed by atoms with E-state index in [1.54, 1.807) is 0 Å². The third-order valence-corrected chi connectivity index (χ3v) is 8.13. The van der Waals surface area contributed by atoms with Crippen LogP contribution in [0.2, 0.25) is 0 Å². The Kier molecular flexibility index (Phi) is 6.89. The molecule has 5 rings (SSSR count). The van der Waals surface area contributed by atoms with E-state index in [2.05, 4.69) is 46.7 Å². The highest BCUT2D eigenvalue weighted by atomic mass is 16.6. The molecule has 2 saturated carbocycles. The van der Waals surface area contributed by atoms with Crippen molar-refractivity contribution >= 4 is 18.1 Å². The van der Waals surface area contributed by atoms with Crippen LogP contribution in [-0.4, -0.2) is 35.8 Å². The summed E-state index contributed by atoms with van der Waals surface area (Å²) in [6.07, 6.45) is 9.53. The second-order valence-electron chi connectivity index (χ2n) is 10.1. The number of pyridine rings is 1. The van der Waals surface area contributed by atoms with Crippen molar-refractivity contribution in [3.63, 3.8) is 0 Å². The van der Waals surface area contributed by atoms with Gasteiger partial charge in [-0.1, -0.05) is 42.5 Å². The van der Waals surface area contributed by atoms with Crippen LogP contribution in [0.4, 0.5) is 4.79 Å². The van der Waals surface area contributed by atoms with Crippen LogP contribution in [0.15, 0.2) is 54.7 Å². The number of nitrogens with zero attached hydrogens (tertiary/aromatic N) is 1. The number of cyclic esters (lactones) is 1. The number of allylic oxidation sites excluding steroid dienone is 1. The van der Waals surface area contributed by atoms with Gasteiger partial charge < -0.3 is 14.8 Å². The molecule has 1 amide bonds. The van der Waals surface area contributed by atoms with Crippen molar-refractivity contribution in [3.05, 3.63) is 60.4 Å². The lowest BCUT2D eigenvalue weighted by atomic mass is 9.57. The monoisotopic (exact) mass is 474 g/mol. The Bertz CT molecular complexity index is 1070. The normalized spacial score (nSPS) is 31.9. The van der Waals surface area contributed by atoms with Crippen LogP contribution in [0, 0.1) is 29.6 Å². The molecule has 184 valence electrons. The molecule has 1 saturated heterocycles. The fraction of sp³-hybridized carbons (Fsp3) is 0.483. The highest BCUT2D eigenvalue weighted by Crippen LogP contribution is 2.53. The Hall–Kier alpha value is -3.15. The SMILES string of the molecule is CCOC(=O)N[C@@H]1CC[C@@H]2[C@@H](C1)C[C@H]1C(=O)O[C@H](C)[C@H]1[C@H]2/C=C/c1ccc(-c2ccccc2)cn1. The van der Waals surface area contributed by atoms with Crippen molar-refractivity contribution < 1.29 is 19.1 Å². The van der Waals surface area contributed by atoms with Crippen LogP contribution in [0.1, 0.15) is 45.2 Å². The van der Waals surface area contributed by atoms with Gasteiger partial charge in [-0.05, 0) is 75.0 Å². The maximum absolute atomic E-state index is 12.7. The first-order valence-electron chi connectivity index (χ1n) is 12.9. The van der Waals surface area contributed by atoms with E-state index < -0.39 is 0 Å². The van der Waals surface area contributed by atoms with Crippen LogP contribution < -0.4 is 5.32 Å². The van der Waals surface area contributed by atoms with Crippen LogP contribution in [-0.2, 0) is 14.3 Å². The van der Waals surface area contributed by atoms with Crippen molar-refractivity contribution in [2.24, 2.45) is 29.6 Å². The van der Waals surface area contributed by atoms with Crippen LogP contribution in [0.25, 0.3) is 17.2 Å². The molecule has 0 spiro atoms. The number of amides is 1. The molecular formula is C29H34N2O4. The number of carbonyl (C=O) groups is 2. The van der Waals surface area contributed by atoms with Gasteiger partial charge in [0.05, 0.1) is 18.2 Å². The molecule has 0 unspecified atom stereocenters. The summed E-state index contributed by atoms with van der Waals surface area (Å²) in [7, 11) is 0. The van der Waals surface area contributed by atoms with Crippen molar-refractivity contribution in [1.29, 1.82) is 0 Å². The molecule has 35 heavy (non-hydrogen) atoms. The number of ether oxygens (including phenoxy) is 2. The first-order chi connectivity index (χ1) is 17.0. The number of hydrogen-bond donors (Lipinski definition) is 1. The van der Waals surface area contributed by atoms with Gasteiger partial charge in [-0.2, -0.15) is 0 Å². The Labute approximate surface area is 207 Å². The van der Waals surface area contributed by atoms with Crippen molar-refractivity contribution in [1.82, 2.24) is 10.3 Å². The van der Waals surface area contributed by atoms with Crippen molar-refractivity contribution in [2.75, 3.05) is 6.61 Å². The smallest absolute Gasteiger partial charge is 0.407 e. The lowest BCUT2D eigenvalue weighted by Gasteiger charge is -2.47. The maximum atomic E-state index is 12.7. The number of hydrogen-bond acceptors (Lipinski definition) is 5. The van der Waals surface area contributed by atoms with Gasteiger partial charge >= 0.3 is 12.1 Å². The summed E-state index contributed by atoms with van der Waals surface area (Å²) in [5.41, 5.74) is 3.16. The Morgan fingerprint density at radius 3 is 2.71 bits per heavy atom. The summed E-state index contributed by atoms with van der Waals surface area (Å²) < 4.78 is 10.8. The van der Waals surface area contributed by atoms with E-state index in [0.717, 1.165) is 42.5 Å². The quantitative estimate of drug-likeness (QED) is 0.580. The molecule has 3 aliphatic rings. The minimum Gasteiger partial charge on any atom is -0.462 e. The molecule has 1 aliphatic heterocycles. The van der Waals surface area contributed by atoms with Crippen molar-refractivity contribution in [3.8, 4) is 11.1 Å². The fourth-order valence-corrected chi connectivity index (χ4v) is 6.60. The number of fused-ring (bicyclic) bond motifs is 2. The molecule has 3 fully saturated rings. The summed E-state index contributed by atoms with van der Waals surface area (Å²) in [4.78, 5) is 29.3. The van der Waals surface area contributed by atoms with E-state index in [-0.39, 0.29) is 42.0 Å². The van der Waals surface area contributed by atoms with Gasteiger partial charge in [-0.25, -0.2) is 4.79 Å². The second kappa shape index (κ2) is 10.2. The largest absolute Gasteiger partial charge is 0.462 e. The summed E-state index contributed by atoms with van der Waals surface area (Å²) in [6, 6.07) is 14.5. The molecule has 1 aromatic heterocycles. The molecule has 6 nitrogen and oxygen atoms in total. The topological polar surface area (TPSA) is 77.5 Å². The second-order valence-corrected chi connectivity index (χ2v) is 10.1. The number of rotatable bonds is 5. The van der Waals surface area contributed by atoms with Gasteiger partial charge in [0, 0.05) is 23.7 Å². The molecule has 1 N–H and O–H groups in total. The average Bonchev–Trinajstić information content (AvgIpc) is 3.15. The third-order valence-electron chi connectivity index (χ3n) is 8.13. The summed E-state index contributed by atoms with van der Waals surface area (Å²) in [6.45, 7) is 4.21. The minimum atomic E-state index is -0.347. The van der Waals surface area contributed by atoms with Crippen LogP contribution in [0.3, 0.4) is 0 Å². The number of benzene rings is 1. The molecule has 1 aromatic carbocycles. The van der Waals surface area contributed by atoms with E-state index in [4.69, 9.17) is 9.47 Å². The molecule has 2 aromatic rings. The Morgan fingerprint density at radius 2 is 1.97 bits per heavy atom. The fourth-order valence-electron chi connectivity index (χ4n) is 6.60. The number of aromatic nitrogens is 1. The summed E-state index contributed by atoms with van der Waals surface area (Å²) in [5.74, 6) is 1.14. The molecule has 2 aliphatic carbocycles. The van der Waals surface area contributed by atoms with Gasteiger partial charge in [-0.3, -0.25) is 9.78 Å². The zero-order chi connectivity index (χ0) is 24.4. The number of carbonyl (C=O) groups excluding carboxylic acids is 2. The first-order valence-corrected chi connectivity index (χ1v) is 12.9. The predicted octanol–water partition coefficient (Wildman–Crippen LogP) is 5.49. The summed E-state index contributed by atoms with van der Waals surface area (Å²) in [5, 5.41) is 3.02. The van der Waals surface area contributed by atoms with E-state index in [9.17, 15) is 9.59 Å². The molecule has 2 heterocycles. The summed E-state index contributed by atoms with van der Waals surface area (Å²) >= 11 is 0. The zero-order valence-electron chi connectivity index (χ0n) is 20.4. The predicted molar refractivity (Wildman–Crippen MR) is 134 cm³/mol. The zero-order valence-corrected chi connectivity index (χ0v) is 20.4.